The number of benzene rings is 1. The van der Waals surface area contributed by atoms with Crippen molar-refractivity contribution in [1.29, 1.82) is 0 Å². The summed E-state index contributed by atoms with van der Waals surface area (Å²) in [4.78, 5) is 12.4. The molecular weight excluding hydrogens is 304 g/mol. The largest absolute Gasteiger partial charge is 0.493 e. The number of methoxy groups -OCH3 is 2. The van der Waals surface area contributed by atoms with E-state index in [9.17, 15) is 4.79 Å². The minimum atomic E-state index is 0.133. The third-order valence-corrected chi connectivity index (χ3v) is 5.34. The van der Waals surface area contributed by atoms with Gasteiger partial charge in [-0.3, -0.25) is 4.79 Å². The molecule has 0 atom stereocenters. The van der Waals surface area contributed by atoms with Gasteiger partial charge in [0.05, 0.1) is 18.9 Å². The van der Waals surface area contributed by atoms with Gasteiger partial charge in [-0.15, -0.1) is 22.7 Å². The fraction of sp³-hybridized carbons (Fsp3) is 0.188. The highest BCUT2D eigenvalue weighted by Crippen LogP contribution is 2.29. The molecule has 3 rings (SSSR count). The van der Waals surface area contributed by atoms with E-state index in [1.54, 1.807) is 25.6 Å². The van der Waals surface area contributed by atoms with Crippen molar-refractivity contribution in [3.05, 3.63) is 56.4 Å². The highest BCUT2D eigenvalue weighted by atomic mass is 32.1. The zero-order valence-electron chi connectivity index (χ0n) is 11.7. The fourth-order valence-electron chi connectivity index (χ4n) is 2.22. The average Bonchev–Trinajstić information content (AvgIpc) is 2.99. The van der Waals surface area contributed by atoms with E-state index in [4.69, 9.17) is 9.47 Å². The van der Waals surface area contributed by atoms with Crippen LogP contribution in [0.3, 0.4) is 0 Å². The maximum Gasteiger partial charge on any atom is 0.201 e. The normalized spacial score (nSPS) is 10.8. The van der Waals surface area contributed by atoms with E-state index in [2.05, 4.69) is 0 Å². The fourth-order valence-corrected chi connectivity index (χ4v) is 4.17. The minimum Gasteiger partial charge on any atom is -0.493 e. The first kappa shape index (κ1) is 14.1. The van der Waals surface area contributed by atoms with Crippen LogP contribution in [-0.4, -0.2) is 14.2 Å². The van der Waals surface area contributed by atoms with Gasteiger partial charge >= 0.3 is 0 Å². The Balaban J connectivity index is 1.98. The third kappa shape index (κ3) is 2.66. The Kier molecular flexibility index (Phi) is 3.94. The van der Waals surface area contributed by atoms with Crippen molar-refractivity contribution in [3.8, 4) is 11.5 Å². The predicted octanol–water partition coefficient (Wildman–Crippen LogP) is 3.93. The van der Waals surface area contributed by atoms with Gasteiger partial charge < -0.3 is 9.47 Å². The van der Waals surface area contributed by atoms with Crippen LogP contribution in [0.4, 0.5) is 0 Å². The second kappa shape index (κ2) is 5.87. The summed E-state index contributed by atoms with van der Waals surface area (Å²) in [5, 5.41) is 3.91. The molecule has 21 heavy (non-hydrogen) atoms. The Bertz CT molecular complexity index is 833. The molecule has 0 fully saturated rings. The molecule has 108 valence electrons. The molecule has 0 aliphatic rings. The topological polar surface area (TPSA) is 35.5 Å². The first-order valence-corrected chi connectivity index (χ1v) is 8.17. The van der Waals surface area contributed by atoms with E-state index in [1.807, 2.05) is 35.0 Å². The molecule has 2 aromatic heterocycles. The number of hydrogen-bond acceptors (Lipinski definition) is 5. The van der Waals surface area contributed by atoms with Gasteiger partial charge in [-0.25, -0.2) is 0 Å². The molecule has 2 heterocycles. The molecule has 0 spiro atoms. The maximum absolute atomic E-state index is 12.4. The van der Waals surface area contributed by atoms with Crippen molar-refractivity contribution >= 4 is 32.1 Å². The lowest BCUT2D eigenvalue weighted by Crippen LogP contribution is -2.07. The molecule has 5 heteroatoms. The second-order valence-electron chi connectivity index (χ2n) is 4.57. The van der Waals surface area contributed by atoms with Crippen molar-refractivity contribution < 1.29 is 9.47 Å². The van der Waals surface area contributed by atoms with Crippen LogP contribution in [-0.2, 0) is 6.42 Å². The van der Waals surface area contributed by atoms with E-state index in [-0.39, 0.29) is 5.43 Å². The van der Waals surface area contributed by atoms with Crippen molar-refractivity contribution in [1.82, 2.24) is 0 Å². The first-order valence-electron chi connectivity index (χ1n) is 6.41. The van der Waals surface area contributed by atoms with E-state index in [1.165, 1.54) is 11.3 Å². The molecule has 1 aromatic carbocycles. The van der Waals surface area contributed by atoms with Crippen LogP contribution in [0.2, 0.25) is 0 Å². The summed E-state index contributed by atoms with van der Waals surface area (Å²) in [6.45, 7) is 0. The standard InChI is InChI=1S/C16H14O3S2/c1-18-12-4-3-10(8-13(12)19-2)7-11-9-21-14-5-6-20-16(14)15(11)17/h3-6,8-9H,7H2,1-2H3. The van der Waals surface area contributed by atoms with E-state index in [0.29, 0.717) is 17.9 Å². The highest BCUT2D eigenvalue weighted by Gasteiger charge is 2.09. The molecule has 0 saturated heterocycles. The number of ether oxygens (including phenoxy) is 2. The molecule has 0 unspecified atom stereocenters. The molecule has 0 aliphatic heterocycles. The third-order valence-electron chi connectivity index (χ3n) is 3.30. The summed E-state index contributed by atoms with van der Waals surface area (Å²) in [5.41, 5.74) is 1.99. The van der Waals surface area contributed by atoms with Gasteiger partial charge in [0.2, 0.25) is 5.43 Å². The van der Waals surface area contributed by atoms with Gasteiger partial charge in [0.1, 0.15) is 0 Å². The van der Waals surface area contributed by atoms with Gasteiger partial charge in [-0.1, -0.05) is 6.07 Å². The van der Waals surface area contributed by atoms with E-state index in [0.717, 1.165) is 20.5 Å². The number of thiophene rings is 1. The lowest BCUT2D eigenvalue weighted by molar-refractivity contribution is 0.354. The van der Waals surface area contributed by atoms with Crippen molar-refractivity contribution in [2.24, 2.45) is 0 Å². The first-order chi connectivity index (χ1) is 10.2. The smallest absolute Gasteiger partial charge is 0.201 e. The molecule has 0 N–H and O–H groups in total. The van der Waals surface area contributed by atoms with Crippen molar-refractivity contribution in [3.63, 3.8) is 0 Å². The van der Waals surface area contributed by atoms with Gasteiger partial charge in [0, 0.05) is 16.7 Å². The van der Waals surface area contributed by atoms with Crippen LogP contribution in [0.5, 0.6) is 11.5 Å². The Hall–Kier alpha value is -1.85. The van der Waals surface area contributed by atoms with Gasteiger partial charge in [-0.05, 0) is 34.5 Å². The van der Waals surface area contributed by atoms with Crippen LogP contribution in [0.15, 0.2) is 39.8 Å². The van der Waals surface area contributed by atoms with Crippen LogP contribution in [0, 0.1) is 0 Å². The van der Waals surface area contributed by atoms with Gasteiger partial charge in [0.25, 0.3) is 0 Å². The molecular formula is C16H14O3S2. The quantitative estimate of drug-likeness (QED) is 0.731. The lowest BCUT2D eigenvalue weighted by atomic mass is 10.1. The molecule has 0 amide bonds. The van der Waals surface area contributed by atoms with Crippen LogP contribution < -0.4 is 14.9 Å². The van der Waals surface area contributed by atoms with E-state index >= 15 is 0 Å². The SMILES string of the molecule is COc1ccc(Cc2csc3ccsc3c2=O)cc1OC. The summed E-state index contributed by atoms with van der Waals surface area (Å²) < 4.78 is 12.4. The number of rotatable bonds is 4. The molecule has 0 aliphatic carbocycles. The zero-order valence-corrected chi connectivity index (χ0v) is 13.3. The molecule has 0 saturated carbocycles. The highest BCUT2D eigenvalue weighted by molar-refractivity contribution is 7.24. The monoisotopic (exact) mass is 318 g/mol. The maximum atomic E-state index is 12.4. The van der Waals surface area contributed by atoms with Crippen LogP contribution in [0.25, 0.3) is 9.40 Å². The molecule has 3 nitrogen and oxygen atoms in total. The lowest BCUT2D eigenvalue weighted by Gasteiger charge is -2.09. The van der Waals surface area contributed by atoms with Crippen molar-refractivity contribution in [2.45, 2.75) is 6.42 Å². The zero-order chi connectivity index (χ0) is 14.8. The number of fused-ring (bicyclic) bond motifs is 1. The van der Waals surface area contributed by atoms with Crippen LogP contribution in [0.1, 0.15) is 11.1 Å². The van der Waals surface area contributed by atoms with Crippen molar-refractivity contribution in [2.75, 3.05) is 14.2 Å². The predicted molar refractivity (Wildman–Crippen MR) is 88.3 cm³/mol. The Morgan fingerprint density at radius 3 is 2.62 bits per heavy atom. The molecule has 3 aromatic rings. The van der Waals surface area contributed by atoms with Crippen LogP contribution >= 0.6 is 22.7 Å². The summed E-state index contributed by atoms with van der Waals surface area (Å²) >= 11 is 3.12. The summed E-state index contributed by atoms with van der Waals surface area (Å²) in [7, 11) is 3.22. The van der Waals surface area contributed by atoms with Gasteiger partial charge in [-0.2, -0.15) is 0 Å². The Labute approximate surface area is 130 Å². The molecule has 0 bridgehead atoms. The van der Waals surface area contributed by atoms with Gasteiger partial charge in [0.15, 0.2) is 11.5 Å². The Morgan fingerprint density at radius 2 is 1.86 bits per heavy atom. The summed E-state index contributed by atoms with van der Waals surface area (Å²) in [5.74, 6) is 1.38. The summed E-state index contributed by atoms with van der Waals surface area (Å²) in [6.07, 6.45) is 0.601. The van der Waals surface area contributed by atoms with E-state index < -0.39 is 0 Å². The molecule has 0 radical (unpaired) electrons. The number of hydrogen-bond donors (Lipinski definition) is 0. The summed E-state index contributed by atoms with van der Waals surface area (Å²) in [6, 6.07) is 7.74. The second-order valence-corrected chi connectivity index (χ2v) is 6.40. The minimum absolute atomic E-state index is 0.133. The average molecular weight is 318 g/mol. The Morgan fingerprint density at radius 1 is 1.05 bits per heavy atom.